The van der Waals surface area contributed by atoms with Crippen LogP contribution in [0.4, 0.5) is 35.1 Å². The SMILES string of the molecule is Cn1ncc(C(F)(F)F)c1-n1ncc(-c2ccc(Cl)c(C(=O)NC3(C#N)CC3)c2)c1C(F)(F)C(F)(F)F. The number of amides is 1. The number of nitriles is 1. The van der Waals surface area contributed by atoms with E-state index in [0.29, 0.717) is 23.7 Å². The predicted molar refractivity (Wildman–Crippen MR) is 111 cm³/mol. The summed E-state index contributed by atoms with van der Waals surface area (Å²) in [6.07, 6.45) is -9.93. The molecule has 3 aromatic rings. The topological polar surface area (TPSA) is 88.5 Å². The molecule has 0 atom stereocenters. The Bertz CT molecular complexity index is 1430. The van der Waals surface area contributed by atoms with Crippen molar-refractivity contribution in [2.75, 3.05) is 0 Å². The van der Waals surface area contributed by atoms with Crippen molar-refractivity contribution >= 4 is 17.5 Å². The summed E-state index contributed by atoms with van der Waals surface area (Å²) in [6, 6.07) is 4.82. The van der Waals surface area contributed by atoms with E-state index in [-0.39, 0.29) is 21.5 Å². The summed E-state index contributed by atoms with van der Waals surface area (Å²) in [5.74, 6) is -7.77. The van der Waals surface area contributed by atoms with Gasteiger partial charge in [-0.15, -0.1) is 0 Å². The van der Waals surface area contributed by atoms with E-state index in [0.717, 1.165) is 25.2 Å². The molecular weight excluding hydrogens is 540 g/mol. The molecular formula is C21H13ClF8N6O. The van der Waals surface area contributed by atoms with Crippen molar-refractivity contribution < 1.29 is 39.9 Å². The summed E-state index contributed by atoms with van der Waals surface area (Å²) in [7, 11) is 0.912. The second-order valence-electron chi connectivity index (χ2n) is 8.24. The van der Waals surface area contributed by atoms with Crippen molar-refractivity contribution in [1.29, 1.82) is 5.26 Å². The van der Waals surface area contributed by atoms with E-state index in [1.165, 1.54) is 0 Å². The molecule has 4 rings (SSSR count). The first kappa shape index (κ1) is 26.4. The molecule has 1 aliphatic carbocycles. The average molecular weight is 553 g/mol. The summed E-state index contributed by atoms with van der Waals surface area (Å²) in [5, 5.41) is 18.1. The number of hydrogen-bond donors (Lipinski definition) is 1. The first-order valence-electron chi connectivity index (χ1n) is 10.2. The summed E-state index contributed by atoms with van der Waals surface area (Å²) in [4.78, 5) is 12.7. The van der Waals surface area contributed by atoms with Gasteiger partial charge in [-0.1, -0.05) is 17.7 Å². The normalized spacial score (nSPS) is 15.4. The number of aromatic nitrogens is 4. The molecule has 1 aromatic carbocycles. The number of aryl methyl sites for hydroxylation is 1. The zero-order chi connectivity index (χ0) is 27.6. The molecule has 196 valence electrons. The number of carbonyl (C=O) groups excluding carboxylic acids is 1. The Morgan fingerprint density at radius 3 is 2.30 bits per heavy atom. The van der Waals surface area contributed by atoms with E-state index < -0.39 is 57.9 Å². The maximum atomic E-state index is 14.8. The molecule has 0 radical (unpaired) electrons. The second-order valence-corrected chi connectivity index (χ2v) is 8.64. The number of alkyl halides is 8. The average Bonchev–Trinajstić information content (AvgIpc) is 3.22. The van der Waals surface area contributed by atoms with Gasteiger partial charge in [0.15, 0.2) is 5.82 Å². The van der Waals surface area contributed by atoms with Crippen molar-refractivity contribution in [2.45, 2.75) is 36.7 Å². The van der Waals surface area contributed by atoms with Crippen LogP contribution < -0.4 is 5.32 Å². The van der Waals surface area contributed by atoms with Crippen LogP contribution in [0.15, 0.2) is 30.6 Å². The fourth-order valence-electron chi connectivity index (χ4n) is 3.58. The molecule has 1 fully saturated rings. The minimum absolute atomic E-state index is 0.179. The number of rotatable bonds is 5. The van der Waals surface area contributed by atoms with Crippen molar-refractivity contribution in [2.24, 2.45) is 7.05 Å². The molecule has 1 saturated carbocycles. The van der Waals surface area contributed by atoms with Crippen molar-refractivity contribution in [3.05, 3.63) is 52.4 Å². The van der Waals surface area contributed by atoms with Crippen LogP contribution in [0.5, 0.6) is 0 Å². The Labute approximate surface area is 207 Å². The largest absolute Gasteiger partial charge is 0.459 e. The standard InChI is InChI=1S/C21H13ClF8N6O/c1-35-17(13(8-32-35)20(25,26)27)36-15(19(23,24)21(28,29)30)12(7-33-36)10-2-3-14(22)11(6-10)16(37)34-18(9-31)4-5-18/h2-3,6-8H,4-5H2,1H3,(H,34,37). The van der Waals surface area contributed by atoms with Crippen LogP contribution in [-0.4, -0.2) is 37.2 Å². The van der Waals surface area contributed by atoms with Crippen LogP contribution in [0.1, 0.15) is 34.5 Å². The van der Waals surface area contributed by atoms with E-state index in [1.54, 1.807) is 0 Å². The monoisotopic (exact) mass is 552 g/mol. The zero-order valence-electron chi connectivity index (χ0n) is 18.3. The molecule has 16 heteroatoms. The highest BCUT2D eigenvalue weighted by molar-refractivity contribution is 6.34. The predicted octanol–water partition coefficient (Wildman–Crippen LogP) is 5.39. The minimum Gasteiger partial charge on any atom is -0.334 e. The number of halogens is 9. The summed E-state index contributed by atoms with van der Waals surface area (Å²) >= 11 is 6.02. The number of carbonyl (C=O) groups is 1. The van der Waals surface area contributed by atoms with Gasteiger partial charge in [-0.3, -0.25) is 9.48 Å². The van der Waals surface area contributed by atoms with Gasteiger partial charge in [-0.05, 0) is 30.5 Å². The fourth-order valence-corrected chi connectivity index (χ4v) is 3.78. The summed E-state index contributed by atoms with van der Waals surface area (Å²) < 4.78 is 111. The first-order chi connectivity index (χ1) is 17.0. The van der Waals surface area contributed by atoms with Crippen LogP contribution in [0, 0.1) is 11.3 Å². The highest BCUT2D eigenvalue weighted by atomic mass is 35.5. The molecule has 0 spiro atoms. The molecule has 1 N–H and O–H groups in total. The van der Waals surface area contributed by atoms with Gasteiger partial charge in [0.05, 0.1) is 29.0 Å². The zero-order valence-corrected chi connectivity index (χ0v) is 19.1. The smallest absolute Gasteiger partial charge is 0.334 e. The Kier molecular flexibility index (Phi) is 6.02. The maximum Gasteiger partial charge on any atom is 0.459 e. The number of nitrogens with zero attached hydrogens (tertiary/aromatic N) is 5. The minimum atomic E-state index is -6.23. The Morgan fingerprint density at radius 2 is 1.76 bits per heavy atom. The molecule has 0 bridgehead atoms. The maximum absolute atomic E-state index is 14.8. The van der Waals surface area contributed by atoms with Gasteiger partial charge < -0.3 is 5.32 Å². The van der Waals surface area contributed by atoms with Crippen LogP contribution in [0.25, 0.3) is 16.9 Å². The Balaban J connectivity index is 1.93. The van der Waals surface area contributed by atoms with Gasteiger partial charge in [0, 0.05) is 12.6 Å². The highest BCUT2D eigenvalue weighted by Crippen LogP contribution is 2.49. The van der Waals surface area contributed by atoms with Gasteiger partial charge in [0.1, 0.15) is 16.8 Å². The third kappa shape index (κ3) is 4.50. The molecule has 7 nitrogen and oxygen atoms in total. The fraction of sp³-hybridized carbons (Fsp3) is 0.333. The van der Waals surface area contributed by atoms with Crippen molar-refractivity contribution in [3.63, 3.8) is 0 Å². The molecule has 1 aliphatic rings. The van der Waals surface area contributed by atoms with E-state index in [4.69, 9.17) is 16.9 Å². The third-order valence-corrected chi connectivity index (χ3v) is 6.00. The summed E-state index contributed by atoms with van der Waals surface area (Å²) in [5.41, 5.74) is -6.37. The molecule has 2 aromatic heterocycles. The quantitative estimate of drug-likeness (QED) is 0.430. The lowest BCUT2D eigenvalue weighted by Crippen LogP contribution is -2.37. The van der Waals surface area contributed by atoms with Gasteiger partial charge in [-0.2, -0.15) is 50.6 Å². The Morgan fingerprint density at radius 1 is 1.11 bits per heavy atom. The number of hydrogen-bond acceptors (Lipinski definition) is 4. The van der Waals surface area contributed by atoms with E-state index >= 15 is 0 Å². The first-order valence-corrected chi connectivity index (χ1v) is 10.6. The highest BCUT2D eigenvalue weighted by Gasteiger charge is 2.62. The Hall–Kier alpha value is -3.67. The van der Waals surface area contributed by atoms with Crippen LogP contribution >= 0.6 is 11.6 Å². The van der Waals surface area contributed by atoms with Gasteiger partial charge in [-0.25, -0.2) is 4.68 Å². The number of benzene rings is 1. The van der Waals surface area contributed by atoms with Gasteiger partial charge >= 0.3 is 18.3 Å². The molecule has 0 unspecified atom stereocenters. The van der Waals surface area contributed by atoms with Gasteiger partial charge in [0.2, 0.25) is 0 Å². The van der Waals surface area contributed by atoms with Crippen LogP contribution in [0.3, 0.4) is 0 Å². The van der Waals surface area contributed by atoms with Crippen LogP contribution in [-0.2, 0) is 19.1 Å². The lowest BCUT2D eigenvalue weighted by atomic mass is 10.00. The molecule has 1 amide bonds. The van der Waals surface area contributed by atoms with Crippen molar-refractivity contribution in [3.8, 4) is 23.0 Å². The summed E-state index contributed by atoms with van der Waals surface area (Å²) in [6.45, 7) is 0. The number of nitrogens with one attached hydrogen (secondary N) is 1. The van der Waals surface area contributed by atoms with E-state index in [1.807, 2.05) is 6.07 Å². The second kappa shape index (κ2) is 8.44. The molecule has 0 aliphatic heterocycles. The van der Waals surface area contributed by atoms with Gasteiger partial charge in [0.25, 0.3) is 5.91 Å². The van der Waals surface area contributed by atoms with Crippen molar-refractivity contribution in [1.82, 2.24) is 24.9 Å². The molecule has 0 saturated heterocycles. The van der Waals surface area contributed by atoms with E-state index in [2.05, 4.69) is 15.5 Å². The lowest BCUT2D eigenvalue weighted by Gasteiger charge is -2.23. The van der Waals surface area contributed by atoms with E-state index in [9.17, 15) is 39.9 Å². The lowest BCUT2D eigenvalue weighted by molar-refractivity contribution is -0.291. The molecule has 37 heavy (non-hydrogen) atoms. The molecule has 2 heterocycles. The third-order valence-electron chi connectivity index (χ3n) is 5.67. The van der Waals surface area contributed by atoms with Crippen LogP contribution in [0.2, 0.25) is 5.02 Å².